The molecule has 4 rings (SSSR count). The molecular weight excluding hydrogens is 408 g/mol. The molecule has 162 valence electrons. The fourth-order valence-corrected chi connectivity index (χ4v) is 4.58. The highest BCUT2D eigenvalue weighted by Crippen LogP contribution is 2.23. The van der Waals surface area contributed by atoms with Crippen molar-refractivity contribution < 1.29 is 4.79 Å². The SMILES string of the molecule is Cc1nn(-c2ccccc2)c(Cl)c1C(=O)NCc1ccc(CN2CCCC(C)C2)cc1. The second-order valence-electron chi connectivity index (χ2n) is 8.48. The first-order chi connectivity index (χ1) is 15.0. The smallest absolute Gasteiger partial charge is 0.256 e. The average molecular weight is 437 g/mol. The van der Waals surface area contributed by atoms with Gasteiger partial charge in [-0.2, -0.15) is 5.10 Å². The molecule has 1 unspecified atom stereocenters. The van der Waals surface area contributed by atoms with E-state index in [0.29, 0.717) is 23.0 Å². The molecule has 5 nitrogen and oxygen atoms in total. The predicted octanol–water partition coefficient (Wildman–Crippen LogP) is 5.00. The Hall–Kier alpha value is -2.63. The van der Waals surface area contributed by atoms with Crippen molar-refractivity contribution in [2.75, 3.05) is 13.1 Å². The normalized spacial score (nSPS) is 16.9. The first-order valence-electron chi connectivity index (χ1n) is 10.9. The summed E-state index contributed by atoms with van der Waals surface area (Å²) in [6.07, 6.45) is 2.62. The number of nitrogens with one attached hydrogen (secondary N) is 1. The fourth-order valence-electron chi connectivity index (χ4n) is 4.22. The number of para-hydroxylation sites is 1. The Kier molecular flexibility index (Phi) is 6.73. The number of carbonyl (C=O) groups excluding carboxylic acids is 1. The summed E-state index contributed by atoms with van der Waals surface area (Å²) in [5.41, 5.74) is 4.23. The number of halogens is 1. The molecule has 6 heteroatoms. The van der Waals surface area contributed by atoms with E-state index in [0.717, 1.165) is 23.7 Å². The second-order valence-corrected chi connectivity index (χ2v) is 8.84. The zero-order chi connectivity index (χ0) is 21.8. The van der Waals surface area contributed by atoms with Gasteiger partial charge in [-0.05, 0) is 55.5 Å². The van der Waals surface area contributed by atoms with Crippen LogP contribution in [0.25, 0.3) is 5.69 Å². The van der Waals surface area contributed by atoms with Crippen LogP contribution in [0.2, 0.25) is 5.15 Å². The molecule has 0 bridgehead atoms. The summed E-state index contributed by atoms with van der Waals surface area (Å²) in [6, 6.07) is 18.1. The summed E-state index contributed by atoms with van der Waals surface area (Å²) in [7, 11) is 0. The van der Waals surface area contributed by atoms with Gasteiger partial charge in [0.1, 0.15) is 5.15 Å². The van der Waals surface area contributed by atoms with Gasteiger partial charge >= 0.3 is 0 Å². The van der Waals surface area contributed by atoms with Gasteiger partial charge in [-0.3, -0.25) is 9.69 Å². The third-order valence-corrected chi connectivity index (χ3v) is 6.20. The van der Waals surface area contributed by atoms with E-state index in [2.05, 4.69) is 46.5 Å². The minimum absolute atomic E-state index is 0.212. The Morgan fingerprint density at radius 3 is 2.55 bits per heavy atom. The lowest BCUT2D eigenvalue weighted by molar-refractivity contribution is 0.0950. The zero-order valence-electron chi connectivity index (χ0n) is 18.1. The van der Waals surface area contributed by atoms with Crippen LogP contribution < -0.4 is 5.32 Å². The highest BCUT2D eigenvalue weighted by molar-refractivity contribution is 6.33. The quantitative estimate of drug-likeness (QED) is 0.591. The molecule has 2 heterocycles. The molecule has 0 saturated carbocycles. The van der Waals surface area contributed by atoms with Gasteiger partial charge in [0.05, 0.1) is 16.9 Å². The van der Waals surface area contributed by atoms with Crippen LogP contribution in [0.15, 0.2) is 54.6 Å². The van der Waals surface area contributed by atoms with Gasteiger partial charge in [0.25, 0.3) is 5.91 Å². The van der Waals surface area contributed by atoms with E-state index in [-0.39, 0.29) is 5.91 Å². The van der Waals surface area contributed by atoms with Crippen molar-refractivity contribution in [1.29, 1.82) is 0 Å². The molecule has 0 aliphatic carbocycles. The van der Waals surface area contributed by atoms with Gasteiger partial charge in [0.2, 0.25) is 0 Å². The Labute approximate surface area is 189 Å². The van der Waals surface area contributed by atoms with Crippen molar-refractivity contribution in [2.24, 2.45) is 5.92 Å². The van der Waals surface area contributed by atoms with Crippen LogP contribution in [0.1, 0.15) is 46.9 Å². The van der Waals surface area contributed by atoms with Crippen molar-refractivity contribution >= 4 is 17.5 Å². The van der Waals surface area contributed by atoms with Gasteiger partial charge in [-0.25, -0.2) is 4.68 Å². The number of carbonyl (C=O) groups is 1. The monoisotopic (exact) mass is 436 g/mol. The Morgan fingerprint density at radius 2 is 1.84 bits per heavy atom. The average Bonchev–Trinajstić information content (AvgIpc) is 3.08. The maximum atomic E-state index is 12.8. The van der Waals surface area contributed by atoms with Gasteiger partial charge in [-0.1, -0.05) is 61.0 Å². The van der Waals surface area contributed by atoms with E-state index >= 15 is 0 Å². The molecule has 1 fully saturated rings. The van der Waals surface area contributed by atoms with E-state index in [1.54, 1.807) is 11.6 Å². The number of rotatable bonds is 6. The van der Waals surface area contributed by atoms with Crippen LogP contribution in [-0.2, 0) is 13.1 Å². The Bertz CT molecular complexity index is 1030. The van der Waals surface area contributed by atoms with E-state index in [9.17, 15) is 4.79 Å². The summed E-state index contributed by atoms with van der Waals surface area (Å²) in [5, 5.41) is 7.76. The van der Waals surface area contributed by atoms with Crippen molar-refractivity contribution in [1.82, 2.24) is 20.0 Å². The molecule has 31 heavy (non-hydrogen) atoms. The second kappa shape index (κ2) is 9.67. The van der Waals surface area contributed by atoms with Crippen LogP contribution in [0.5, 0.6) is 0 Å². The van der Waals surface area contributed by atoms with Gasteiger partial charge < -0.3 is 5.32 Å². The van der Waals surface area contributed by atoms with E-state index in [1.165, 1.54) is 31.5 Å². The molecule has 1 amide bonds. The maximum absolute atomic E-state index is 12.8. The van der Waals surface area contributed by atoms with E-state index < -0.39 is 0 Å². The number of piperidine rings is 1. The largest absolute Gasteiger partial charge is 0.348 e. The van der Waals surface area contributed by atoms with Crippen LogP contribution >= 0.6 is 11.6 Å². The van der Waals surface area contributed by atoms with Crippen LogP contribution in [0.3, 0.4) is 0 Å². The van der Waals surface area contributed by atoms with Gasteiger partial charge in [-0.15, -0.1) is 0 Å². The van der Waals surface area contributed by atoms with Gasteiger partial charge in [0, 0.05) is 19.6 Å². The summed E-state index contributed by atoms with van der Waals surface area (Å²) in [4.78, 5) is 15.3. The zero-order valence-corrected chi connectivity index (χ0v) is 18.9. The molecule has 1 aliphatic rings. The first-order valence-corrected chi connectivity index (χ1v) is 11.3. The molecule has 1 saturated heterocycles. The molecule has 3 aromatic rings. The molecule has 1 atom stereocenters. The van der Waals surface area contributed by atoms with E-state index in [1.807, 2.05) is 30.3 Å². The lowest BCUT2D eigenvalue weighted by atomic mass is 9.99. The summed E-state index contributed by atoms with van der Waals surface area (Å²) in [6.45, 7) is 7.93. The number of likely N-dealkylation sites (tertiary alicyclic amines) is 1. The third-order valence-electron chi connectivity index (χ3n) is 5.86. The number of nitrogens with zero attached hydrogens (tertiary/aromatic N) is 3. The lowest BCUT2D eigenvalue weighted by Gasteiger charge is -2.30. The van der Waals surface area contributed by atoms with E-state index in [4.69, 9.17) is 11.6 Å². The lowest BCUT2D eigenvalue weighted by Crippen LogP contribution is -2.33. The molecular formula is C25H29ClN4O. The molecule has 1 N–H and O–H groups in total. The van der Waals surface area contributed by atoms with Crippen LogP contribution in [-0.4, -0.2) is 33.7 Å². The van der Waals surface area contributed by atoms with Crippen molar-refractivity contribution in [3.05, 3.63) is 82.1 Å². The number of benzene rings is 2. The highest BCUT2D eigenvalue weighted by atomic mass is 35.5. The maximum Gasteiger partial charge on any atom is 0.256 e. The van der Waals surface area contributed by atoms with Crippen molar-refractivity contribution in [3.8, 4) is 5.69 Å². The fraction of sp³-hybridized carbons (Fsp3) is 0.360. The minimum Gasteiger partial charge on any atom is -0.348 e. The Balaban J connectivity index is 1.37. The molecule has 1 aliphatic heterocycles. The number of aromatic nitrogens is 2. The van der Waals surface area contributed by atoms with Gasteiger partial charge in [0.15, 0.2) is 0 Å². The topological polar surface area (TPSA) is 50.2 Å². The number of aryl methyl sites for hydroxylation is 1. The summed E-state index contributed by atoms with van der Waals surface area (Å²) >= 11 is 6.50. The third kappa shape index (κ3) is 5.17. The molecule has 1 aromatic heterocycles. The Morgan fingerprint density at radius 1 is 1.13 bits per heavy atom. The standard InChI is InChI=1S/C25H29ClN4O/c1-18-7-6-14-29(16-18)17-21-12-10-20(11-13-21)15-27-25(31)23-19(2)28-30(24(23)26)22-8-4-3-5-9-22/h3-5,8-13,18H,6-7,14-17H2,1-2H3,(H,27,31). The summed E-state index contributed by atoms with van der Waals surface area (Å²) in [5.74, 6) is 0.570. The van der Waals surface area contributed by atoms with Crippen LogP contribution in [0, 0.1) is 12.8 Å². The van der Waals surface area contributed by atoms with Crippen molar-refractivity contribution in [3.63, 3.8) is 0 Å². The first kappa shape index (κ1) is 21.6. The summed E-state index contributed by atoms with van der Waals surface area (Å²) < 4.78 is 1.60. The van der Waals surface area contributed by atoms with Crippen LogP contribution in [0.4, 0.5) is 0 Å². The molecule has 0 radical (unpaired) electrons. The minimum atomic E-state index is -0.212. The number of hydrogen-bond acceptors (Lipinski definition) is 3. The van der Waals surface area contributed by atoms with Crippen molar-refractivity contribution in [2.45, 2.75) is 39.8 Å². The number of amides is 1. The molecule has 0 spiro atoms. The molecule has 2 aromatic carbocycles. The number of hydrogen-bond donors (Lipinski definition) is 1. The predicted molar refractivity (Wildman–Crippen MR) is 125 cm³/mol. The highest BCUT2D eigenvalue weighted by Gasteiger charge is 2.21.